The molecule has 2 heterocycles. The topological polar surface area (TPSA) is 78.8 Å². The Morgan fingerprint density at radius 3 is 2.93 bits per heavy atom. The molecule has 158 valence electrons. The third-order valence-electron chi connectivity index (χ3n) is 6.36. The molecule has 1 aromatic carbocycles. The van der Waals surface area contributed by atoms with Crippen molar-refractivity contribution >= 4 is 34.2 Å². The molecular weight excluding hydrogens is 372 g/mol. The number of benzene rings is 1. The van der Waals surface area contributed by atoms with Gasteiger partial charge in [-0.25, -0.2) is 5.43 Å². The highest BCUT2D eigenvalue weighted by atomic mass is 15.4. The number of allylic oxidation sites excluding steroid dienone is 2. The Balaban J connectivity index is 1.36. The van der Waals surface area contributed by atoms with E-state index in [2.05, 4.69) is 70.5 Å². The van der Waals surface area contributed by atoms with Crippen LogP contribution in [-0.2, 0) is 0 Å². The third-order valence-corrected chi connectivity index (χ3v) is 6.36. The maximum atomic E-state index is 4.56. The first-order chi connectivity index (χ1) is 14.5. The number of nitrogens with zero attached hydrogens (tertiary/aromatic N) is 4. The van der Waals surface area contributed by atoms with Crippen LogP contribution in [0, 0.1) is 24.7 Å². The molecule has 0 amide bonds. The van der Waals surface area contributed by atoms with Crippen LogP contribution in [0.1, 0.15) is 58.4 Å². The highest BCUT2D eigenvalue weighted by Crippen LogP contribution is 2.35. The minimum Gasteiger partial charge on any atom is -0.337 e. The summed E-state index contributed by atoms with van der Waals surface area (Å²) in [5, 5.41) is 14.1. The molecule has 3 atom stereocenters. The van der Waals surface area contributed by atoms with Crippen molar-refractivity contribution in [3.8, 4) is 0 Å². The lowest BCUT2D eigenvalue weighted by Crippen LogP contribution is -2.24. The van der Waals surface area contributed by atoms with Gasteiger partial charge < -0.3 is 4.98 Å². The Kier molecular flexibility index (Phi) is 6.11. The van der Waals surface area contributed by atoms with Gasteiger partial charge in [0.25, 0.3) is 5.95 Å². The van der Waals surface area contributed by atoms with Crippen LogP contribution in [0.2, 0.25) is 0 Å². The molecule has 3 unspecified atom stereocenters. The van der Waals surface area contributed by atoms with E-state index in [0.717, 1.165) is 28.0 Å². The van der Waals surface area contributed by atoms with Crippen molar-refractivity contribution in [1.29, 1.82) is 0 Å². The fraction of sp³-hybridized carbons (Fsp3) is 0.500. The van der Waals surface area contributed by atoms with E-state index < -0.39 is 0 Å². The minimum atomic E-state index is 0.422. The maximum absolute atomic E-state index is 4.56. The number of nitrogens with one attached hydrogen (secondary N) is 2. The molecule has 1 aliphatic rings. The highest BCUT2D eigenvalue weighted by molar-refractivity contribution is 6.04. The predicted octanol–water partition coefficient (Wildman–Crippen LogP) is 6.01. The molecule has 30 heavy (non-hydrogen) atoms. The summed E-state index contributed by atoms with van der Waals surface area (Å²) in [5.41, 5.74) is 8.16. The van der Waals surface area contributed by atoms with E-state index in [1.165, 1.54) is 43.2 Å². The number of aromatic amines is 1. The lowest BCUT2D eigenvalue weighted by molar-refractivity contribution is 0.235. The molecule has 6 heteroatoms. The van der Waals surface area contributed by atoms with E-state index in [1.54, 1.807) is 0 Å². The number of rotatable bonds is 6. The molecule has 4 rings (SSSR count). The Labute approximate surface area is 178 Å². The van der Waals surface area contributed by atoms with Crippen molar-refractivity contribution in [3.63, 3.8) is 0 Å². The number of hydrogen-bond donors (Lipinski definition) is 2. The second-order valence-corrected chi connectivity index (χ2v) is 9.02. The van der Waals surface area contributed by atoms with Gasteiger partial charge in [-0.05, 0) is 76.2 Å². The summed E-state index contributed by atoms with van der Waals surface area (Å²) in [6.45, 7) is 8.78. The first-order valence-corrected chi connectivity index (χ1v) is 11.1. The van der Waals surface area contributed by atoms with E-state index in [4.69, 9.17) is 0 Å². The standard InChI is InChI=1S/C24H32N6/c1-15(2)7-5-9-18-11-12-19(17(4)13-18)14-25-29-24-27-23-22(28-30-24)20-10-6-8-16(3)21(20)26-23/h6-8,10,14,17-19H,5,9,11-13H2,1-4H3,(H2,26,27,29,30)/b25-14-. The van der Waals surface area contributed by atoms with Crippen LogP contribution in [-0.4, -0.2) is 26.4 Å². The van der Waals surface area contributed by atoms with Gasteiger partial charge in [0.15, 0.2) is 5.65 Å². The number of H-pyrrole nitrogens is 1. The molecule has 1 saturated carbocycles. The van der Waals surface area contributed by atoms with Crippen LogP contribution in [0.5, 0.6) is 0 Å². The SMILES string of the molecule is CC(C)=CCCC1CCC(/C=N\Nc2nnc3c(n2)[nH]c2c(C)cccc23)C(C)C1. The number of aryl methyl sites for hydroxylation is 1. The summed E-state index contributed by atoms with van der Waals surface area (Å²) < 4.78 is 0. The summed E-state index contributed by atoms with van der Waals surface area (Å²) in [5.74, 6) is 2.42. The van der Waals surface area contributed by atoms with Gasteiger partial charge in [0.05, 0.1) is 5.52 Å². The fourth-order valence-corrected chi connectivity index (χ4v) is 4.60. The molecule has 2 N–H and O–H groups in total. The van der Waals surface area contributed by atoms with Gasteiger partial charge in [0.2, 0.25) is 0 Å². The average molecular weight is 405 g/mol. The molecule has 1 fully saturated rings. The largest absolute Gasteiger partial charge is 0.337 e. The Bertz CT molecular complexity index is 1080. The number of aromatic nitrogens is 4. The monoisotopic (exact) mass is 404 g/mol. The number of hydrogen-bond acceptors (Lipinski definition) is 5. The molecule has 2 aromatic heterocycles. The third kappa shape index (κ3) is 4.53. The van der Waals surface area contributed by atoms with Crippen molar-refractivity contribution in [2.24, 2.45) is 22.9 Å². The Morgan fingerprint density at radius 1 is 1.27 bits per heavy atom. The van der Waals surface area contributed by atoms with Crippen LogP contribution in [0.25, 0.3) is 22.1 Å². The molecule has 6 nitrogen and oxygen atoms in total. The number of para-hydroxylation sites is 1. The van der Waals surface area contributed by atoms with Gasteiger partial charge in [0.1, 0.15) is 5.52 Å². The first kappa shape index (κ1) is 20.5. The lowest BCUT2D eigenvalue weighted by Gasteiger charge is -2.32. The van der Waals surface area contributed by atoms with Gasteiger partial charge in [-0.15, -0.1) is 10.2 Å². The molecule has 0 aliphatic heterocycles. The average Bonchev–Trinajstić information content (AvgIpc) is 3.09. The molecule has 0 spiro atoms. The van der Waals surface area contributed by atoms with Crippen molar-refractivity contribution in [2.75, 3.05) is 5.43 Å². The van der Waals surface area contributed by atoms with Crippen molar-refractivity contribution < 1.29 is 0 Å². The summed E-state index contributed by atoms with van der Waals surface area (Å²) in [4.78, 5) is 7.91. The summed E-state index contributed by atoms with van der Waals surface area (Å²) in [7, 11) is 0. The zero-order valence-corrected chi connectivity index (χ0v) is 18.4. The smallest absolute Gasteiger partial charge is 0.265 e. The van der Waals surface area contributed by atoms with Gasteiger partial charge in [-0.2, -0.15) is 10.1 Å². The Morgan fingerprint density at radius 2 is 2.13 bits per heavy atom. The minimum absolute atomic E-state index is 0.422. The van der Waals surface area contributed by atoms with E-state index in [9.17, 15) is 0 Å². The zero-order chi connectivity index (χ0) is 21.1. The first-order valence-electron chi connectivity index (χ1n) is 11.1. The van der Waals surface area contributed by atoms with Crippen LogP contribution < -0.4 is 5.43 Å². The van der Waals surface area contributed by atoms with Crippen molar-refractivity contribution in [3.05, 3.63) is 35.4 Å². The highest BCUT2D eigenvalue weighted by Gasteiger charge is 2.26. The molecule has 0 saturated heterocycles. The normalized spacial score (nSPS) is 22.1. The zero-order valence-electron chi connectivity index (χ0n) is 18.4. The van der Waals surface area contributed by atoms with Gasteiger partial charge in [0, 0.05) is 11.6 Å². The number of hydrazone groups is 1. The van der Waals surface area contributed by atoms with Gasteiger partial charge in [-0.3, -0.25) is 0 Å². The molecular formula is C24H32N6. The summed E-state index contributed by atoms with van der Waals surface area (Å²) in [6.07, 6.45) is 10.7. The van der Waals surface area contributed by atoms with Crippen LogP contribution in [0.15, 0.2) is 34.9 Å². The second-order valence-electron chi connectivity index (χ2n) is 9.02. The molecule has 0 radical (unpaired) electrons. The maximum Gasteiger partial charge on any atom is 0.265 e. The number of fused-ring (bicyclic) bond motifs is 3. The van der Waals surface area contributed by atoms with E-state index in [1.807, 2.05) is 18.3 Å². The van der Waals surface area contributed by atoms with Gasteiger partial charge >= 0.3 is 0 Å². The van der Waals surface area contributed by atoms with Crippen LogP contribution >= 0.6 is 0 Å². The van der Waals surface area contributed by atoms with Crippen LogP contribution in [0.4, 0.5) is 5.95 Å². The van der Waals surface area contributed by atoms with E-state index in [-0.39, 0.29) is 0 Å². The Hall–Kier alpha value is -2.76. The van der Waals surface area contributed by atoms with Crippen LogP contribution in [0.3, 0.4) is 0 Å². The van der Waals surface area contributed by atoms with Gasteiger partial charge in [-0.1, -0.05) is 36.8 Å². The molecule has 3 aromatic rings. The lowest BCUT2D eigenvalue weighted by atomic mass is 9.74. The van der Waals surface area contributed by atoms with E-state index in [0.29, 0.717) is 17.8 Å². The molecule has 0 bridgehead atoms. The van der Waals surface area contributed by atoms with E-state index >= 15 is 0 Å². The van der Waals surface area contributed by atoms with Crippen molar-refractivity contribution in [2.45, 2.75) is 59.8 Å². The number of anilines is 1. The predicted molar refractivity (Wildman–Crippen MR) is 125 cm³/mol. The quantitative estimate of drug-likeness (QED) is 0.299. The molecule has 1 aliphatic carbocycles. The van der Waals surface area contributed by atoms with Crippen molar-refractivity contribution in [1.82, 2.24) is 20.2 Å². The summed E-state index contributed by atoms with van der Waals surface area (Å²) in [6, 6.07) is 6.15. The second kappa shape index (κ2) is 8.94. The fourth-order valence-electron chi connectivity index (χ4n) is 4.60. The summed E-state index contributed by atoms with van der Waals surface area (Å²) >= 11 is 0.